The van der Waals surface area contributed by atoms with Gasteiger partial charge in [0.1, 0.15) is 17.9 Å². The standard InChI is InChI=1S/C9H6O2.C9H10O.C5H11N.C4H9NO.2C4H5NO/c10-9-6-5-7-3-1-2-4-8(7)11-9;1-2-6-9-8(4-1)5-3-7-10-9;1-2-4-6-5-3-1;1-3-6-4-2-5-1;2*1-2-5-4-6-3-1/h1-6H;1-2,4,6H,3,5,7H2;6H,1-5H2;5H,1-4H2;1,3-4H,2H2;1-2,4H,3H2. The Morgan fingerprint density at radius 3 is 2.04 bits per heavy atom. The normalized spacial score (nSPS) is 17.0. The van der Waals surface area contributed by atoms with Gasteiger partial charge < -0.3 is 34.0 Å². The number of nitrogens with zero attached hydrogens (tertiary/aromatic N) is 2. The van der Waals surface area contributed by atoms with Crippen molar-refractivity contribution in [2.75, 3.05) is 59.2 Å². The van der Waals surface area contributed by atoms with Crippen molar-refractivity contribution in [3.8, 4) is 5.75 Å². The van der Waals surface area contributed by atoms with E-state index in [2.05, 4.69) is 37.5 Å². The van der Waals surface area contributed by atoms with Gasteiger partial charge in [0.05, 0.1) is 32.6 Å². The topological polar surface area (TPSA) is 116 Å². The molecule has 242 valence electrons. The number of fused-ring (bicyclic) bond motifs is 2. The molecule has 8 rings (SSSR count). The average molecular weight is 619 g/mol. The molecule has 1 aromatic heterocycles. The summed E-state index contributed by atoms with van der Waals surface area (Å²) < 4.78 is 24.6. The number of para-hydroxylation sites is 2. The summed E-state index contributed by atoms with van der Waals surface area (Å²) in [5.74, 6) is 1.08. The van der Waals surface area contributed by atoms with Crippen molar-refractivity contribution in [2.45, 2.75) is 32.1 Å². The number of morpholine rings is 1. The van der Waals surface area contributed by atoms with Gasteiger partial charge in [-0.15, -0.1) is 0 Å². The molecule has 5 aliphatic heterocycles. The van der Waals surface area contributed by atoms with Crippen molar-refractivity contribution in [1.82, 2.24) is 10.6 Å². The van der Waals surface area contributed by atoms with E-state index >= 15 is 0 Å². The maximum Gasteiger partial charge on any atom is 0.336 e. The molecule has 2 saturated heterocycles. The Hall–Kier alpha value is -4.25. The number of piperidine rings is 1. The molecule has 10 heteroatoms. The second kappa shape index (κ2) is 24.1. The van der Waals surface area contributed by atoms with Crippen molar-refractivity contribution in [2.24, 2.45) is 9.98 Å². The van der Waals surface area contributed by atoms with Gasteiger partial charge in [-0.1, -0.05) is 42.8 Å². The van der Waals surface area contributed by atoms with Crippen LogP contribution in [0.1, 0.15) is 31.2 Å². The molecular weight excluding hydrogens is 572 g/mol. The molecule has 0 unspecified atom stereocenters. The minimum atomic E-state index is -0.302. The zero-order valence-corrected chi connectivity index (χ0v) is 26.0. The van der Waals surface area contributed by atoms with Crippen LogP contribution in [0.2, 0.25) is 0 Å². The first-order valence-electron chi connectivity index (χ1n) is 15.6. The van der Waals surface area contributed by atoms with Crippen LogP contribution in [0.3, 0.4) is 0 Å². The third-order valence-corrected chi connectivity index (χ3v) is 6.44. The highest BCUT2D eigenvalue weighted by Crippen LogP contribution is 2.23. The van der Waals surface area contributed by atoms with Gasteiger partial charge >= 0.3 is 5.63 Å². The second-order valence-electron chi connectivity index (χ2n) is 9.98. The summed E-state index contributed by atoms with van der Waals surface area (Å²) in [5.41, 5.74) is 1.69. The van der Waals surface area contributed by atoms with E-state index in [4.69, 9.17) is 18.6 Å². The lowest BCUT2D eigenvalue weighted by atomic mass is 10.1. The molecule has 2 aromatic carbocycles. The van der Waals surface area contributed by atoms with Crippen LogP contribution in [0, 0.1) is 0 Å². The van der Waals surface area contributed by atoms with E-state index in [-0.39, 0.29) is 5.63 Å². The van der Waals surface area contributed by atoms with Gasteiger partial charge in [-0.05, 0) is 74.7 Å². The smallest absolute Gasteiger partial charge is 0.336 e. The van der Waals surface area contributed by atoms with E-state index < -0.39 is 0 Å². The number of rotatable bonds is 0. The van der Waals surface area contributed by atoms with E-state index in [1.165, 1.54) is 63.2 Å². The first-order chi connectivity index (χ1) is 22.3. The lowest BCUT2D eigenvalue weighted by molar-refractivity contribution is 0.109. The van der Waals surface area contributed by atoms with Gasteiger partial charge in [0.2, 0.25) is 0 Å². The Morgan fingerprint density at radius 1 is 0.733 bits per heavy atom. The Morgan fingerprint density at radius 2 is 1.53 bits per heavy atom. The van der Waals surface area contributed by atoms with Crippen molar-refractivity contribution < 1.29 is 23.4 Å². The molecule has 0 radical (unpaired) electrons. The van der Waals surface area contributed by atoms with E-state index in [1.54, 1.807) is 24.6 Å². The molecule has 0 aliphatic carbocycles. The molecule has 0 amide bonds. The van der Waals surface area contributed by atoms with Crippen LogP contribution in [-0.4, -0.2) is 72.0 Å². The third-order valence-electron chi connectivity index (χ3n) is 6.44. The van der Waals surface area contributed by atoms with E-state index in [1.807, 2.05) is 42.5 Å². The van der Waals surface area contributed by atoms with Crippen LogP contribution in [0.25, 0.3) is 11.0 Å². The van der Waals surface area contributed by atoms with Crippen LogP contribution in [0.5, 0.6) is 5.75 Å². The highest BCUT2D eigenvalue weighted by molar-refractivity contribution is 5.75. The minimum absolute atomic E-state index is 0.302. The summed E-state index contributed by atoms with van der Waals surface area (Å²) in [4.78, 5) is 18.1. The lowest BCUT2D eigenvalue weighted by Crippen LogP contribution is -2.30. The predicted molar refractivity (Wildman–Crippen MR) is 180 cm³/mol. The van der Waals surface area contributed by atoms with Gasteiger partial charge in [0, 0.05) is 30.7 Å². The molecule has 5 aliphatic rings. The van der Waals surface area contributed by atoms with Gasteiger partial charge in [-0.2, -0.15) is 0 Å². The number of hydrogen-bond donors (Lipinski definition) is 2. The average Bonchev–Trinajstić information content (AvgIpc) is 3.16. The van der Waals surface area contributed by atoms with E-state index in [9.17, 15) is 4.79 Å². The fourth-order valence-corrected chi connectivity index (χ4v) is 4.19. The largest absolute Gasteiger partial charge is 0.493 e. The number of benzene rings is 2. The molecule has 0 spiro atoms. The number of aliphatic imine (C=N–C) groups is 2. The highest BCUT2D eigenvalue weighted by atomic mass is 16.5. The predicted octanol–water partition coefficient (Wildman–Crippen LogP) is 5.29. The maximum absolute atomic E-state index is 10.7. The van der Waals surface area contributed by atoms with Crippen LogP contribution in [0.15, 0.2) is 104 Å². The molecule has 45 heavy (non-hydrogen) atoms. The van der Waals surface area contributed by atoms with E-state index in [0.717, 1.165) is 57.0 Å². The Labute approximate surface area is 265 Å². The summed E-state index contributed by atoms with van der Waals surface area (Å²) in [5, 5.41) is 7.40. The maximum atomic E-state index is 10.7. The third kappa shape index (κ3) is 17.0. The zero-order valence-electron chi connectivity index (χ0n) is 26.0. The van der Waals surface area contributed by atoms with Gasteiger partial charge in [0.25, 0.3) is 0 Å². The molecular formula is C35H46N4O6. The molecule has 2 fully saturated rings. The fraction of sp³-hybridized carbons (Fsp3) is 0.400. The summed E-state index contributed by atoms with van der Waals surface area (Å²) in [6, 6.07) is 18.8. The van der Waals surface area contributed by atoms with Crippen molar-refractivity contribution in [3.63, 3.8) is 0 Å². The van der Waals surface area contributed by atoms with Crippen LogP contribution in [0.4, 0.5) is 0 Å². The molecule has 0 saturated carbocycles. The summed E-state index contributed by atoms with van der Waals surface area (Å²) >= 11 is 0. The second-order valence-corrected chi connectivity index (χ2v) is 9.98. The summed E-state index contributed by atoms with van der Waals surface area (Å²) in [6.07, 6.45) is 16.4. The fourth-order valence-electron chi connectivity index (χ4n) is 4.19. The lowest BCUT2D eigenvalue weighted by Gasteiger charge is -2.15. The molecule has 10 nitrogen and oxygen atoms in total. The Kier molecular flexibility index (Phi) is 18.9. The number of nitrogens with one attached hydrogen (secondary N) is 2. The molecule has 0 bridgehead atoms. The number of aryl methyl sites for hydroxylation is 1. The van der Waals surface area contributed by atoms with Crippen LogP contribution in [-0.2, 0) is 20.6 Å². The van der Waals surface area contributed by atoms with Gasteiger partial charge in [-0.25, -0.2) is 9.79 Å². The van der Waals surface area contributed by atoms with Crippen molar-refractivity contribution in [1.29, 1.82) is 0 Å². The van der Waals surface area contributed by atoms with E-state index in [0.29, 0.717) is 12.2 Å². The SMILES string of the molecule is C1=CN=COC1.C1=COC=NC1.C1CCNCC1.C1COCCN1.O=c1ccc2ccccc2o1.c1ccc2c(c1)CCCO2. The molecule has 3 aromatic rings. The molecule has 2 N–H and O–H groups in total. The van der Waals surface area contributed by atoms with Gasteiger partial charge in [0.15, 0.2) is 12.8 Å². The number of ether oxygens (including phenoxy) is 4. The zero-order chi connectivity index (χ0) is 31.5. The number of hydrogen-bond acceptors (Lipinski definition) is 10. The van der Waals surface area contributed by atoms with Crippen molar-refractivity contribution in [3.05, 3.63) is 101 Å². The molecule has 6 heterocycles. The quantitative estimate of drug-likeness (QED) is 0.327. The van der Waals surface area contributed by atoms with Crippen LogP contribution >= 0.6 is 0 Å². The first-order valence-corrected chi connectivity index (χ1v) is 15.6. The van der Waals surface area contributed by atoms with Crippen molar-refractivity contribution >= 4 is 23.8 Å². The summed E-state index contributed by atoms with van der Waals surface area (Å²) in [7, 11) is 0. The molecule has 0 atom stereocenters. The first kappa shape index (κ1) is 35.2. The minimum Gasteiger partial charge on any atom is -0.493 e. The summed E-state index contributed by atoms with van der Waals surface area (Å²) in [6.45, 7) is 8.65. The Balaban J connectivity index is 0.000000151. The Bertz CT molecular complexity index is 1270. The van der Waals surface area contributed by atoms with Gasteiger partial charge in [-0.3, -0.25) is 4.99 Å². The van der Waals surface area contributed by atoms with Crippen LogP contribution < -0.4 is 21.0 Å². The monoisotopic (exact) mass is 618 g/mol. The highest BCUT2D eigenvalue weighted by Gasteiger charge is 2.07.